The molecular weight excluding hydrogens is 456 g/mol. The zero-order valence-corrected chi connectivity index (χ0v) is 19.1. The molecule has 1 unspecified atom stereocenters. The second kappa shape index (κ2) is 8.85. The highest BCUT2D eigenvalue weighted by atomic mass is 79.9. The van der Waals surface area contributed by atoms with E-state index in [9.17, 15) is 13.2 Å². The SMILES string of the molecule is COc1ccc(C(=O)Nc2ccc(Br)cc2C)cc1S(=O)(=O)N1CCCCC1C. The van der Waals surface area contributed by atoms with E-state index < -0.39 is 10.0 Å². The molecule has 29 heavy (non-hydrogen) atoms. The third-order valence-electron chi connectivity index (χ3n) is 5.19. The highest BCUT2D eigenvalue weighted by molar-refractivity contribution is 9.10. The second-order valence-corrected chi connectivity index (χ2v) is 10.0. The first kappa shape index (κ1) is 21.8. The third kappa shape index (κ3) is 4.65. The van der Waals surface area contributed by atoms with Gasteiger partial charge in [-0.1, -0.05) is 22.4 Å². The summed E-state index contributed by atoms with van der Waals surface area (Å²) in [6.07, 6.45) is 2.67. The summed E-state index contributed by atoms with van der Waals surface area (Å²) in [4.78, 5) is 12.8. The average Bonchev–Trinajstić information content (AvgIpc) is 2.69. The second-order valence-electron chi connectivity index (χ2n) is 7.24. The monoisotopic (exact) mass is 480 g/mol. The number of ether oxygens (including phenoxy) is 1. The highest BCUT2D eigenvalue weighted by Crippen LogP contribution is 2.32. The molecular formula is C21H25BrN2O4S. The first-order chi connectivity index (χ1) is 13.7. The van der Waals surface area contributed by atoms with Gasteiger partial charge in [-0.25, -0.2) is 8.42 Å². The quantitative estimate of drug-likeness (QED) is 0.679. The Hall–Kier alpha value is -1.90. The van der Waals surface area contributed by atoms with E-state index in [4.69, 9.17) is 4.74 Å². The summed E-state index contributed by atoms with van der Waals surface area (Å²) in [5, 5.41) is 2.85. The van der Waals surface area contributed by atoms with E-state index in [2.05, 4.69) is 21.2 Å². The van der Waals surface area contributed by atoms with E-state index in [1.807, 2.05) is 26.0 Å². The lowest BCUT2D eigenvalue weighted by Gasteiger charge is -2.32. The number of carbonyl (C=O) groups excluding carboxylic acids is 1. The molecule has 3 rings (SSSR count). The van der Waals surface area contributed by atoms with Gasteiger partial charge in [0.2, 0.25) is 10.0 Å². The maximum absolute atomic E-state index is 13.3. The summed E-state index contributed by atoms with van der Waals surface area (Å²) in [6, 6.07) is 9.96. The zero-order chi connectivity index (χ0) is 21.2. The minimum absolute atomic E-state index is 0.0222. The van der Waals surface area contributed by atoms with Crippen molar-refractivity contribution < 1.29 is 17.9 Å². The predicted octanol–water partition coefficient (Wildman–Crippen LogP) is 4.58. The zero-order valence-electron chi connectivity index (χ0n) is 16.7. The third-order valence-corrected chi connectivity index (χ3v) is 7.72. The van der Waals surface area contributed by atoms with Crippen LogP contribution in [0.1, 0.15) is 42.1 Å². The molecule has 1 saturated heterocycles. The van der Waals surface area contributed by atoms with Gasteiger partial charge in [0.25, 0.3) is 5.91 Å². The number of nitrogens with one attached hydrogen (secondary N) is 1. The molecule has 0 saturated carbocycles. The average molecular weight is 481 g/mol. The van der Waals surface area contributed by atoms with Gasteiger partial charge in [-0.3, -0.25) is 4.79 Å². The Kier molecular flexibility index (Phi) is 6.65. The molecule has 1 atom stereocenters. The van der Waals surface area contributed by atoms with E-state index in [-0.39, 0.29) is 28.2 Å². The molecule has 1 amide bonds. The molecule has 0 aliphatic carbocycles. The van der Waals surface area contributed by atoms with Crippen LogP contribution in [0.3, 0.4) is 0 Å². The molecule has 8 heteroatoms. The molecule has 1 heterocycles. The molecule has 1 N–H and O–H groups in total. The summed E-state index contributed by atoms with van der Waals surface area (Å²) in [7, 11) is -2.35. The predicted molar refractivity (Wildman–Crippen MR) is 117 cm³/mol. The van der Waals surface area contributed by atoms with Crippen LogP contribution in [0.2, 0.25) is 0 Å². The summed E-state index contributed by atoms with van der Waals surface area (Å²) in [5.41, 5.74) is 1.83. The van der Waals surface area contributed by atoms with Crippen molar-refractivity contribution in [3.05, 3.63) is 52.0 Å². The minimum Gasteiger partial charge on any atom is -0.495 e. The number of sulfonamides is 1. The van der Waals surface area contributed by atoms with E-state index in [1.165, 1.54) is 23.5 Å². The molecule has 0 aromatic heterocycles. The Bertz CT molecular complexity index is 1020. The fraction of sp³-hybridized carbons (Fsp3) is 0.381. The van der Waals surface area contributed by atoms with Crippen LogP contribution in [-0.4, -0.2) is 38.3 Å². The van der Waals surface area contributed by atoms with Gasteiger partial charge in [0, 0.05) is 28.3 Å². The van der Waals surface area contributed by atoms with Crippen LogP contribution >= 0.6 is 15.9 Å². The summed E-state index contributed by atoms with van der Waals surface area (Å²) < 4.78 is 34.3. The topological polar surface area (TPSA) is 75.7 Å². The number of amides is 1. The van der Waals surface area contributed by atoms with Gasteiger partial charge in [0.15, 0.2) is 0 Å². The largest absolute Gasteiger partial charge is 0.495 e. The van der Waals surface area contributed by atoms with Crippen molar-refractivity contribution in [2.75, 3.05) is 19.0 Å². The van der Waals surface area contributed by atoms with Gasteiger partial charge in [-0.15, -0.1) is 0 Å². The fourth-order valence-electron chi connectivity index (χ4n) is 3.54. The molecule has 2 aromatic carbocycles. The lowest BCUT2D eigenvalue weighted by molar-refractivity contribution is 0.102. The molecule has 1 fully saturated rings. The van der Waals surface area contributed by atoms with Gasteiger partial charge in [-0.2, -0.15) is 4.31 Å². The van der Waals surface area contributed by atoms with E-state index in [0.717, 1.165) is 29.3 Å². The molecule has 2 aromatic rings. The Morgan fingerprint density at radius 3 is 2.62 bits per heavy atom. The van der Waals surface area contributed by atoms with Crippen molar-refractivity contribution in [2.24, 2.45) is 0 Å². The molecule has 6 nitrogen and oxygen atoms in total. The number of anilines is 1. The molecule has 1 aliphatic rings. The van der Waals surface area contributed by atoms with Gasteiger partial charge in [0.05, 0.1) is 7.11 Å². The Morgan fingerprint density at radius 2 is 1.97 bits per heavy atom. The summed E-state index contributed by atoms with van der Waals surface area (Å²) in [5.74, 6) is -0.139. The highest BCUT2D eigenvalue weighted by Gasteiger charge is 2.33. The number of rotatable bonds is 5. The van der Waals surface area contributed by atoms with Gasteiger partial charge >= 0.3 is 0 Å². The van der Waals surface area contributed by atoms with E-state index >= 15 is 0 Å². The van der Waals surface area contributed by atoms with Crippen molar-refractivity contribution >= 4 is 37.5 Å². The first-order valence-electron chi connectivity index (χ1n) is 9.51. The van der Waals surface area contributed by atoms with Crippen LogP contribution in [0.25, 0.3) is 0 Å². The van der Waals surface area contributed by atoms with Crippen molar-refractivity contribution in [1.82, 2.24) is 4.31 Å². The van der Waals surface area contributed by atoms with Gasteiger partial charge in [-0.05, 0) is 68.7 Å². The molecule has 156 valence electrons. The summed E-state index contributed by atoms with van der Waals surface area (Å²) >= 11 is 3.40. The van der Waals surface area contributed by atoms with Crippen LogP contribution in [0.4, 0.5) is 5.69 Å². The number of benzene rings is 2. The number of piperidine rings is 1. The van der Waals surface area contributed by atoms with Crippen molar-refractivity contribution in [3.8, 4) is 5.75 Å². The smallest absolute Gasteiger partial charge is 0.255 e. The number of aryl methyl sites for hydroxylation is 1. The Balaban J connectivity index is 1.95. The number of hydrogen-bond acceptors (Lipinski definition) is 4. The number of halogens is 1. The lowest BCUT2D eigenvalue weighted by Crippen LogP contribution is -2.42. The maximum Gasteiger partial charge on any atom is 0.255 e. The number of nitrogens with zero attached hydrogens (tertiary/aromatic N) is 1. The van der Waals surface area contributed by atoms with E-state index in [0.29, 0.717) is 12.2 Å². The molecule has 1 aliphatic heterocycles. The molecule has 0 bridgehead atoms. The molecule has 0 radical (unpaired) electrons. The van der Waals surface area contributed by atoms with Crippen LogP contribution in [0, 0.1) is 6.92 Å². The lowest BCUT2D eigenvalue weighted by atomic mass is 10.1. The number of methoxy groups -OCH3 is 1. The Labute approximate surface area is 180 Å². The van der Waals surface area contributed by atoms with Crippen LogP contribution in [0.15, 0.2) is 45.8 Å². The normalized spacial score (nSPS) is 17.7. The van der Waals surface area contributed by atoms with E-state index in [1.54, 1.807) is 12.1 Å². The van der Waals surface area contributed by atoms with Gasteiger partial charge < -0.3 is 10.1 Å². The van der Waals surface area contributed by atoms with Gasteiger partial charge in [0.1, 0.15) is 10.6 Å². The fourth-order valence-corrected chi connectivity index (χ4v) is 5.89. The minimum atomic E-state index is -3.77. The summed E-state index contributed by atoms with van der Waals surface area (Å²) in [6.45, 7) is 4.28. The van der Waals surface area contributed by atoms with Crippen LogP contribution < -0.4 is 10.1 Å². The Morgan fingerprint density at radius 1 is 1.21 bits per heavy atom. The number of hydrogen-bond donors (Lipinski definition) is 1. The van der Waals surface area contributed by atoms with Crippen molar-refractivity contribution in [3.63, 3.8) is 0 Å². The number of carbonyl (C=O) groups is 1. The van der Waals surface area contributed by atoms with Crippen LogP contribution in [-0.2, 0) is 10.0 Å². The molecule has 0 spiro atoms. The van der Waals surface area contributed by atoms with Crippen molar-refractivity contribution in [2.45, 2.75) is 44.0 Å². The first-order valence-corrected chi connectivity index (χ1v) is 11.7. The maximum atomic E-state index is 13.3. The standard InChI is InChI=1S/C21H25BrN2O4S/c1-14-12-17(22)8-9-18(14)23-21(25)16-7-10-19(28-3)20(13-16)29(26,27)24-11-5-4-6-15(24)2/h7-10,12-13,15H,4-6,11H2,1-3H3,(H,23,25). The van der Waals surface area contributed by atoms with Crippen LogP contribution in [0.5, 0.6) is 5.75 Å². The van der Waals surface area contributed by atoms with Crippen molar-refractivity contribution in [1.29, 1.82) is 0 Å².